The first-order valence-corrected chi connectivity index (χ1v) is 7.16. The molecule has 0 spiro atoms. The lowest BCUT2D eigenvalue weighted by Crippen LogP contribution is -2.44. The Labute approximate surface area is 123 Å². The molecule has 0 radical (unpaired) electrons. The van der Waals surface area contributed by atoms with E-state index in [4.69, 9.17) is 4.74 Å². The van der Waals surface area contributed by atoms with E-state index in [1.54, 1.807) is 0 Å². The molecular weight excluding hydrogens is 284 g/mol. The molecule has 0 aromatic rings. The van der Waals surface area contributed by atoms with Gasteiger partial charge in [-0.25, -0.2) is 18.4 Å². The van der Waals surface area contributed by atoms with Crippen molar-refractivity contribution < 1.29 is 27.8 Å². The Hall–Kier alpha value is -1.40. The van der Waals surface area contributed by atoms with Gasteiger partial charge in [-0.2, -0.15) is 0 Å². The minimum atomic E-state index is -2.66. The number of hydrogen-bond acceptors (Lipinski definition) is 4. The van der Waals surface area contributed by atoms with E-state index in [1.165, 1.54) is 7.11 Å². The summed E-state index contributed by atoms with van der Waals surface area (Å²) in [5, 5.41) is 2.44. The summed E-state index contributed by atoms with van der Waals surface area (Å²) in [7, 11) is 1.24. The molecule has 1 aliphatic rings. The first-order valence-electron chi connectivity index (χ1n) is 7.16. The van der Waals surface area contributed by atoms with Crippen LogP contribution in [0.5, 0.6) is 0 Å². The van der Waals surface area contributed by atoms with Crippen molar-refractivity contribution in [3.63, 3.8) is 0 Å². The highest BCUT2D eigenvalue weighted by molar-refractivity contribution is 5.81. The fraction of sp³-hybridized carbons (Fsp3) is 0.857. The van der Waals surface area contributed by atoms with Crippen LogP contribution in [0.25, 0.3) is 0 Å². The van der Waals surface area contributed by atoms with Crippen molar-refractivity contribution in [3.8, 4) is 0 Å². The Morgan fingerprint density at radius 3 is 2.33 bits per heavy atom. The third-order valence-electron chi connectivity index (χ3n) is 3.42. The van der Waals surface area contributed by atoms with Crippen LogP contribution in [-0.2, 0) is 14.3 Å². The summed E-state index contributed by atoms with van der Waals surface area (Å²) in [6.07, 6.45) is -1.16. The highest BCUT2D eigenvalue weighted by Gasteiger charge is 2.36. The number of alkyl halides is 2. The second-order valence-corrected chi connectivity index (χ2v) is 5.81. The lowest BCUT2D eigenvalue weighted by Gasteiger charge is -2.28. The summed E-state index contributed by atoms with van der Waals surface area (Å²) in [6, 6.07) is -0.785. The normalized spacial score (nSPS) is 19.9. The van der Waals surface area contributed by atoms with Gasteiger partial charge in [0.05, 0.1) is 7.11 Å². The lowest BCUT2D eigenvalue weighted by molar-refractivity contribution is -0.143. The van der Waals surface area contributed by atoms with Gasteiger partial charge in [-0.15, -0.1) is 0 Å². The Morgan fingerprint density at radius 2 is 1.86 bits per heavy atom. The minimum Gasteiger partial charge on any atom is -0.467 e. The van der Waals surface area contributed by atoms with E-state index in [-0.39, 0.29) is 31.6 Å². The zero-order valence-electron chi connectivity index (χ0n) is 12.7. The van der Waals surface area contributed by atoms with E-state index < -0.39 is 30.1 Å². The van der Waals surface area contributed by atoms with Crippen LogP contribution in [0.15, 0.2) is 0 Å². The molecule has 0 aromatic carbocycles. The number of alkyl carbamates (subject to hydrolysis) is 1. The first-order chi connectivity index (χ1) is 9.73. The van der Waals surface area contributed by atoms with Crippen molar-refractivity contribution >= 4 is 12.1 Å². The molecule has 1 N–H and O–H groups in total. The van der Waals surface area contributed by atoms with Crippen LogP contribution in [0.3, 0.4) is 0 Å². The van der Waals surface area contributed by atoms with Gasteiger partial charge in [0, 0.05) is 12.8 Å². The highest BCUT2D eigenvalue weighted by Crippen LogP contribution is 2.34. The highest BCUT2D eigenvalue weighted by atomic mass is 19.3. The van der Waals surface area contributed by atoms with Gasteiger partial charge >= 0.3 is 12.1 Å². The van der Waals surface area contributed by atoms with Gasteiger partial charge < -0.3 is 14.8 Å². The van der Waals surface area contributed by atoms with Crippen LogP contribution in [-0.4, -0.2) is 37.2 Å². The maximum atomic E-state index is 13.0. The van der Waals surface area contributed by atoms with Gasteiger partial charge in [0.25, 0.3) is 0 Å². The maximum Gasteiger partial charge on any atom is 0.408 e. The molecule has 7 heteroatoms. The van der Waals surface area contributed by atoms with Crippen LogP contribution >= 0.6 is 0 Å². The number of methoxy groups -OCH3 is 1. The second-order valence-electron chi connectivity index (χ2n) is 5.81. The topological polar surface area (TPSA) is 64.6 Å². The monoisotopic (exact) mass is 307 g/mol. The SMILES string of the molecule is COC(=O)[C@H](CC(C)C)NC(=O)OC1CCC(F)(F)CC1. The Morgan fingerprint density at radius 1 is 1.29 bits per heavy atom. The van der Waals surface area contributed by atoms with Gasteiger partial charge in [-0.1, -0.05) is 13.8 Å². The lowest BCUT2D eigenvalue weighted by atomic mass is 9.94. The number of esters is 1. The fourth-order valence-electron chi connectivity index (χ4n) is 2.29. The van der Waals surface area contributed by atoms with Gasteiger partial charge in [-0.05, 0) is 25.2 Å². The summed E-state index contributed by atoms with van der Waals surface area (Å²) in [5.41, 5.74) is 0. The third kappa shape index (κ3) is 6.27. The van der Waals surface area contributed by atoms with Crippen LogP contribution in [0.4, 0.5) is 13.6 Å². The molecule has 0 aromatic heterocycles. The molecule has 1 amide bonds. The van der Waals surface area contributed by atoms with Crippen LogP contribution < -0.4 is 5.32 Å². The molecule has 0 heterocycles. The number of carbonyl (C=O) groups excluding carboxylic acids is 2. The quantitative estimate of drug-likeness (QED) is 0.793. The number of carbonyl (C=O) groups is 2. The number of rotatable bonds is 5. The maximum absolute atomic E-state index is 13.0. The van der Waals surface area contributed by atoms with E-state index in [0.29, 0.717) is 6.42 Å². The number of ether oxygens (including phenoxy) is 2. The molecule has 5 nitrogen and oxygen atoms in total. The fourth-order valence-corrected chi connectivity index (χ4v) is 2.29. The van der Waals surface area contributed by atoms with E-state index >= 15 is 0 Å². The van der Waals surface area contributed by atoms with Crippen molar-refractivity contribution in [2.45, 2.75) is 64.0 Å². The zero-order chi connectivity index (χ0) is 16.0. The average Bonchev–Trinajstić information content (AvgIpc) is 2.39. The van der Waals surface area contributed by atoms with Gasteiger partial charge in [0.2, 0.25) is 5.92 Å². The second kappa shape index (κ2) is 7.56. The molecule has 0 aliphatic heterocycles. The number of halogens is 2. The summed E-state index contributed by atoms with van der Waals surface area (Å²) in [5.74, 6) is -3.03. The predicted octanol–water partition coefficient (Wildman–Crippen LogP) is 2.88. The molecule has 1 rings (SSSR count). The average molecular weight is 307 g/mol. The van der Waals surface area contributed by atoms with E-state index in [9.17, 15) is 18.4 Å². The van der Waals surface area contributed by atoms with Gasteiger partial charge in [0.15, 0.2) is 0 Å². The molecular formula is C14H23F2NO4. The van der Waals surface area contributed by atoms with Crippen LogP contribution in [0.1, 0.15) is 46.0 Å². The molecule has 122 valence electrons. The molecule has 1 saturated carbocycles. The number of hydrogen-bond donors (Lipinski definition) is 1. The Kier molecular flexibility index (Phi) is 6.36. The molecule has 1 fully saturated rings. The number of amides is 1. The zero-order valence-corrected chi connectivity index (χ0v) is 12.7. The summed E-state index contributed by atoms with van der Waals surface area (Å²) in [6.45, 7) is 3.82. The van der Waals surface area contributed by atoms with E-state index in [1.807, 2.05) is 13.8 Å². The number of nitrogens with one attached hydrogen (secondary N) is 1. The van der Waals surface area contributed by atoms with Gasteiger partial charge in [-0.3, -0.25) is 0 Å². The van der Waals surface area contributed by atoms with Crippen molar-refractivity contribution in [1.29, 1.82) is 0 Å². The molecule has 0 unspecified atom stereocenters. The summed E-state index contributed by atoms with van der Waals surface area (Å²) in [4.78, 5) is 23.3. The van der Waals surface area contributed by atoms with Crippen LogP contribution in [0, 0.1) is 5.92 Å². The van der Waals surface area contributed by atoms with Crippen molar-refractivity contribution in [3.05, 3.63) is 0 Å². The first kappa shape index (κ1) is 17.7. The molecule has 1 atom stereocenters. The van der Waals surface area contributed by atoms with E-state index in [0.717, 1.165) is 0 Å². The predicted molar refractivity (Wildman–Crippen MR) is 72.1 cm³/mol. The Bertz CT molecular complexity index is 364. The van der Waals surface area contributed by atoms with E-state index in [2.05, 4.69) is 10.1 Å². The molecule has 1 aliphatic carbocycles. The largest absolute Gasteiger partial charge is 0.467 e. The van der Waals surface area contributed by atoms with Crippen molar-refractivity contribution in [1.82, 2.24) is 5.32 Å². The Balaban J connectivity index is 2.45. The molecule has 21 heavy (non-hydrogen) atoms. The van der Waals surface area contributed by atoms with Crippen molar-refractivity contribution in [2.24, 2.45) is 5.92 Å². The summed E-state index contributed by atoms with van der Waals surface area (Å²) >= 11 is 0. The smallest absolute Gasteiger partial charge is 0.408 e. The van der Waals surface area contributed by atoms with Gasteiger partial charge in [0.1, 0.15) is 12.1 Å². The standard InChI is InChI=1S/C14H23F2NO4/c1-9(2)8-11(12(18)20-3)17-13(19)21-10-4-6-14(15,16)7-5-10/h9-11H,4-8H2,1-3H3,(H,17,19)/t11-/m0/s1. The molecule has 0 bridgehead atoms. The molecule has 0 saturated heterocycles. The van der Waals surface area contributed by atoms with Crippen LogP contribution in [0.2, 0.25) is 0 Å². The third-order valence-corrected chi connectivity index (χ3v) is 3.42. The minimum absolute atomic E-state index is 0.132. The summed E-state index contributed by atoms with van der Waals surface area (Å²) < 4.78 is 35.7. The van der Waals surface area contributed by atoms with Crippen molar-refractivity contribution in [2.75, 3.05) is 7.11 Å².